The van der Waals surface area contributed by atoms with Crippen LogP contribution < -0.4 is 0 Å². The molecule has 3 heterocycles. The van der Waals surface area contributed by atoms with Crippen LogP contribution in [0.25, 0.3) is 0 Å². The van der Waals surface area contributed by atoms with Gasteiger partial charge in [-0.2, -0.15) is 0 Å². The summed E-state index contributed by atoms with van der Waals surface area (Å²) in [7, 11) is 2.10. The summed E-state index contributed by atoms with van der Waals surface area (Å²) in [5.74, 6) is 0.387. The Morgan fingerprint density at radius 3 is 2.46 bits per heavy atom. The van der Waals surface area contributed by atoms with Crippen LogP contribution in [0.4, 0.5) is 0 Å². The van der Waals surface area contributed by atoms with Crippen LogP contribution in [0.1, 0.15) is 36.1 Å². The molecule has 138 valence electrons. The molecule has 1 spiro atoms. The Balaban J connectivity index is 1.37. The van der Waals surface area contributed by atoms with Gasteiger partial charge >= 0.3 is 0 Å². The molecule has 0 bridgehead atoms. The minimum Gasteiger partial charge on any atom is -0.353 e. The van der Waals surface area contributed by atoms with Gasteiger partial charge in [0, 0.05) is 38.6 Å². The molecule has 4 heteroatoms. The topological polar surface area (TPSA) is 28.5 Å². The lowest BCUT2D eigenvalue weighted by Gasteiger charge is -2.38. The monoisotopic (exact) mass is 351 g/mol. The zero-order chi connectivity index (χ0) is 18.1. The van der Waals surface area contributed by atoms with E-state index in [1.807, 2.05) is 0 Å². The number of nitrogens with zero attached hydrogens (tertiary/aromatic N) is 3. The molecule has 4 nitrogen and oxygen atoms in total. The molecule has 2 saturated heterocycles. The zero-order valence-corrected chi connectivity index (χ0v) is 15.9. The Morgan fingerprint density at radius 2 is 1.77 bits per heavy atom. The molecule has 0 aliphatic carbocycles. The second-order valence-corrected chi connectivity index (χ2v) is 8.13. The first kappa shape index (κ1) is 17.3. The molecular formula is C22H29N3O. The summed E-state index contributed by atoms with van der Waals surface area (Å²) in [6.45, 7) is 6.81. The fraction of sp³-hybridized carbons (Fsp3) is 0.500. The SMILES string of the molecule is Cc1cccc(CN2CCC3(CCN(Cc4cccn4C)CC3)C2=O)c1. The van der Waals surface area contributed by atoms with Gasteiger partial charge in [-0.15, -0.1) is 0 Å². The Morgan fingerprint density at radius 1 is 1.00 bits per heavy atom. The first-order chi connectivity index (χ1) is 12.6. The lowest BCUT2D eigenvalue weighted by atomic mass is 9.77. The summed E-state index contributed by atoms with van der Waals surface area (Å²) < 4.78 is 2.19. The predicted octanol–water partition coefficient (Wildman–Crippen LogP) is 3.35. The number of piperidine rings is 1. The summed E-state index contributed by atoms with van der Waals surface area (Å²) in [6, 6.07) is 12.8. The number of carbonyl (C=O) groups excluding carboxylic acids is 1. The quantitative estimate of drug-likeness (QED) is 0.845. The number of hydrogen-bond donors (Lipinski definition) is 0. The Hall–Kier alpha value is -2.07. The smallest absolute Gasteiger partial charge is 0.229 e. The minimum atomic E-state index is -0.103. The molecular weight excluding hydrogens is 322 g/mol. The van der Waals surface area contributed by atoms with Gasteiger partial charge < -0.3 is 9.47 Å². The average Bonchev–Trinajstić information content (AvgIpc) is 3.16. The Bertz CT molecular complexity index is 786. The largest absolute Gasteiger partial charge is 0.353 e. The van der Waals surface area contributed by atoms with Crippen molar-refractivity contribution in [2.45, 2.75) is 39.3 Å². The van der Waals surface area contributed by atoms with Gasteiger partial charge in [0.05, 0.1) is 5.41 Å². The molecule has 26 heavy (non-hydrogen) atoms. The molecule has 0 saturated carbocycles. The third kappa shape index (κ3) is 3.30. The summed E-state index contributed by atoms with van der Waals surface area (Å²) >= 11 is 0. The number of carbonyl (C=O) groups is 1. The van der Waals surface area contributed by atoms with Crippen LogP contribution in [0.5, 0.6) is 0 Å². The van der Waals surface area contributed by atoms with Crippen molar-refractivity contribution in [3.8, 4) is 0 Å². The van der Waals surface area contributed by atoms with Crippen molar-refractivity contribution >= 4 is 5.91 Å². The average molecular weight is 351 g/mol. The van der Waals surface area contributed by atoms with E-state index in [9.17, 15) is 4.79 Å². The highest BCUT2D eigenvalue weighted by Gasteiger charge is 2.47. The van der Waals surface area contributed by atoms with Crippen LogP contribution in [0.3, 0.4) is 0 Å². The highest BCUT2D eigenvalue weighted by atomic mass is 16.2. The molecule has 4 rings (SSSR count). The summed E-state index contributed by atoms with van der Waals surface area (Å²) in [5, 5.41) is 0. The maximum atomic E-state index is 13.2. The molecule has 0 unspecified atom stereocenters. The van der Waals surface area contributed by atoms with E-state index >= 15 is 0 Å². The first-order valence-electron chi connectivity index (χ1n) is 9.73. The van der Waals surface area contributed by atoms with Gasteiger partial charge in [0.15, 0.2) is 0 Å². The van der Waals surface area contributed by atoms with Crippen LogP contribution in [0, 0.1) is 12.3 Å². The molecule has 0 N–H and O–H groups in total. The zero-order valence-electron chi connectivity index (χ0n) is 15.9. The van der Waals surface area contributed by atoms with Crippen molar-refractivity contribution < 1.29 is 4.79 Å². The third-order valence-electron chi connectivity index (χ3n) is 6.31. The number of rotatable bonds is 4. The number of aryl methyl sites for hydroxylation is 2. The maximum Gasteiger partial charge on any atom is 0.229 e. The fourth-order valence-electron chi connectivity index (χ4n) is 4.57. The Kier molecular flexibility index (Phi) is 4.62. The van der Waals surface area contributed by atoms with Gasteiger partial charge in [-0.1, -0.05) is 29.8 Å². The van der Waals surface area contributed by atoms with Crippen LogP contribution in [-0.4, -0.2) is 39.9 Å². The molecule has 0 radical (unpaired) electrons. The van der Waals surface area contributed by atoms with Crippen LogP contribution in [0.2, 0.25) is 0 Å². The molecule has 2 aromatic rings. The predicted molar refractivity (Wildman–Crippen MR) is 104 cm³/mol. The second kappa shape index (κ2) is 6.92. The Labute approximate surface area is 156 Å². The van der Waals surface area contributed by atoms with Gasteiger partial charge in [-0.25, -0.2) is 0 Å². The van der Waals surface area contributed by atoms with Crippen molar-refractivity contribution in [3.63, 3.8) is 0 Å². The van der Waals surface area contributed by atoms with Crippen LogP contribution >= 0.6 is 0 Å². The van der Waals surface area contributed by atoms with Crippen molar-refractivity contribution in [1.82, 2.24) is 14.4 Å². The van der Waals surface area contributed by atoms with Gasteiger partial charge in [0.25, 0.3) is 0 Å². The van der Waals surface area contributed by atoms with E-state index < -0.39 is 0 Å². The van der Waals surface area contributed by atoms with Gasteiger partial charge in [0.1, 0.15) is 0 Å². The van der Waals surface area contributed by atoms with E-state index in [2.05, 4.69) is 70.9 Å². The summed E-state index contributed by atoms with van der Waals surface area (Å²) in [4.78, 5) is 17.7. The summed E-state index contributed by atoms with van der Waals surface area (Å²) in [6.07, 6.45) is 5.13. The fourth-order valence-corrected chi connectivity index (χ4v) is 4.57. The molecule has 1 aromatic carbocycles. The molecule has 2 aliphatic heterocycles. The van der Waals surface area contributed by atoms with Crippen molar-refractivity contribution in [3.05, 3.63) is 59.4 Å². The molecule has 1 aromatic heterocycles. The van der Waals surface area contributed by atoms with E-state index in [0.29, 0.717) is 5.91 Å². The standard InChI is InChI=1S/C22H29N3O/c1-18-5-3-6-19(15-18)16-25-14-10-22(21(25)26)8-12-24(13-9-22)17-20-7-4-11-23(20)2/h3-7,11,15H,8-10,12-14,16-17H2,1-2H3. The first-order valence-corrected chi connectivity index (χ1v) is 9.73. The molecule has 2 fully saturated rings. The number of likely N-dealkylation sites (tertiary alicyclic amines) is 2. The lowest BCUT2D eigenvalue weighted by Crippen LogP contribution is -2.44. The van der Waals surface area contributed by atoms with Crippen molar-refractivity contribution in [1.29, 1.82) is 0 Å². The highest BCUT2D eigenvalue weighted by Crippen LogP contribution is 2.42. The second-order valence-electron chi connectivity index (χ2n) is 8.13. The maximum absolute atomic E-state index is 13.2. The lowest BCUT2D eigenvalue weighted by molar-refractivity contribution is -0.139. The number of amides is 1. The van der Waals surface area contributed by atoms with Crippen LogP contribution in [-0.2, 0) is 24.9 Å². The molecule has 1 amide bonds. The van der Waals surface area contributed by atoms with Gasteiger partial charge in [-0.05, 0) is 57.0 Å². The highest BCUT2D eigenvalue weighted by molar-refractivity contribution is 5.85. The third-order valence-corrected chi connectivity index (χ3v) is 6.31. The van der Waals surface area contributed by atoms with E-state index in [1.165, 1.54) is 16.8 Å². The number of aromatic nitrogens is 1. The van der Waals surface area contributed by atoms with E-state index in [4.69, 9.17) is 0 Å². The van der Waals surface area contributed by atoms with Gasteiger partial charge in [-0.3, -0.25) is 9.69 Å². The number of hydrogen-bond acceptors (Lipinski definition) is 2. The normalized spacial score (nSPS) is 20.2. The molecule has 2 aliphatic rings. The van der Waals surface area contributed by atoms with Gasteiger partial charge in [0.2, 0.25) is 5.91 Å². The van der Waals surface area contributed by atoms with Crippen molar-refractivity contribution in [2.24, 2.45) is 12.5 Å². The summed E-state index contributed by atoms with van der Waals surface area (Å²) in [5.41, 5.74) is 3.75. The minimum absolute atomic E-state index is 0.103. The number of benzene rings is 1. The molecule has 0 atom stereocenters. The van der Waals surface area contributed by atoms with Crippen molar-refractivity contribution in [2.75, 3.05) is 19.6 Å². The van der Waals surface area contributed by atoms with Crippen LogP contribution in [0.15, 0.2) is 42.6 Å². The van der Waals surface area contributed by atoms with E-state index in [0.717, 1.165) is 52.0 Å². The van der Waals surface area contributed by atoms with E-state index in [1.54, 1.807) is 0 Å². The van der Waals surface area contributed by atoms with E-state index in [-0.39, 0.29) is 5.41 Å².